The number of sulfone groups is 1. The number of rotatable bonds is 6. The van der Waals surface area contributed by atoms with E-state index in [0.717, 1.165) is 46.5 Å². The van der Waals surface area contributed by atoms with Crippen LogP contribution in [0.3, 0.4) is 0 Å². The second-order valence-electron chi connectivity index (χ2n) is 11.1. The van der Waals surface area contributed by atoms with Crippen LogP contribution in [-0.4, -0.2) is 35.1 Å². The number of anilines is 1. The summed E-state index contributed by atoms with van der Waals surface area (Å²) in [4.78, 5) is 42.5. The van der Waals surface area contributed by atoms with Gasteiger partial charge in [-0.3, -0.25) is 24.6 Å². The van der Waals surface area contributed by atoms with Gasteiger partial charge in [0.2, 0.25) is 9.84 Å². The Labute approximate surface area is 252 Å². The van der Waals surface area contributed by atoms with Crippen LogP contribution >= 0.6 is 11.3 Å². The van der Waals surface area contributed by atoms with E-state index in [0.29, 0.717) is 22.5 Å². The predicted octanol–water partition coefficient (Wildman–Crippen LogP) is 6.12. The van der Waals surface area contributed by atoms with Crippen LogP contribution in [0.2, 0.25) is 0 Å². The summed E-state index contributed by atoms with van der Waals surface area (Å²) in [5, 5.41) is 22.3. The van der Waals surface area contributed by atoms with Crippen molar-refractivity contribution in [3.63, 3.8) is 0 Å². The fraction of sp³-hybridized carbons (Fsp3) is 0.194. The summed E-state index contributed by atoms with van der Waals surface area (Å²) in [6, 6.07) is 17.5. The molecular weight excluding hydrogens is 590 g/mol. The largest absolute Gasteiger partial charge is 0.507 e. The Morgan fingerprint density at radius 3 is 2.14 bits per heavy atom. The molecule has 1 aromatic heterocycles. The van der Waals surface area contributed by atoms with Crippen molar-refractivity contribution in [1.82, 2.24) is 4.98 Å². The van der Waals surface area contributed by atoms with Crippen molar-refractivity contribution in [2.45, 2.75) is 48.3 Å². The summed E-state index contributed by atoms with van der Waals surface area (Å²) in [5.41, 5.74) is 2.24. The number of nitrogens with zero attached hydrogens (tertiary/aromatic N) is 3. The molecule has 3 aromatic carbocycles. The molecule has 2 heterocycles. The summed E-state index contributed by atoms with van der Waals surface area (Å²) in [6.07, 6.45) is 1.08. The number of non-ortho nitro benzene ring substituents is 1. The van der Waals surface area contributed by atoms with Crippen molar-refractivity contribution in [2.75, 3.05) is 4.90 Å². The Morgan fingerprint density at radius 2 is 1.58 bits per heavy atom. The van der Waals surface area contributed by atoms with Crippen molar-refractivity contribution in [1.29, 1.82) is 0 Å². The van der Waals surface area contributed by atoms with Crippen molar-refractivity contribution in [2.24, 2.45) is 0 Å². The van der Waals surface area contributed by atoms with Gasteiger partial charge in [-0.25, -0.2) is 13.4 Å². The summed E-state index contributed by atoms with van der Waals surface area (Å²) in [5.74, 6) is -2.26. The first-order valence-corrected chi connectivity index (χ1v) is 15.4. The van der Waals surface area contributed by atoms with Gasteiger partial charge < -0.3 is 5.11 Å². The molecule has 0 radical (unpaired) electrons. The molecule has 0 bridgehead atoms. The number of aromatic nitrogens is 1. The van der Waals surface area contributed by atoms with Gasteiger partial charge in [0.25, 0.3) is 11.5 Å². The molecule has 1 N–H and O–H groups in total. The number of Topliss-reactive ketones (excluding diaryl/α,β-unsaturated/α-hetero) is 1. The number of carbonyl (C=O) groups excluding carboxylic acids is 2. The number of aliphatic hydroxyl groups excluding tert-OH is 1. The number of nitro benzene ring substituents is 1. The first-order valence-electron chi connectivity index (χ1n) is 13.1. The third kappa shape index (κ3) is 5.46. The lowest BCUT2D eigenvalue weighted by Gasteiger charge is -2.24. The van der Waals surface area contributed by atoms with Crippen molar-refractivity contribution in [3.8, 4) is 0 Å². The quantitative estimate of drug-likeness (QED) is 0.0895. The molecule has 10 nitrogen and oxygen atoms in total. The zero-order valence-corrected chi connectivity index (χ0v) is 25.3. The van der Waals surface area contributed by atoms with Crippen LogP contribution in [0.25, 0.3) is 5.76 Å². The minimum Gasteiger partial charge on any atom is -0.507 e. The zero-order valence-electron chi connectivity index (χ0n) is 23.6. The van der Waals surface area contributed by atoms with Crippen LogP contribution in [-0.2, 0) is 24.8 Å². The number of carbonyl (C=O) groups is 2. The number of hydrogen-bond donors (Lipinski definition) is 1. The van der Waals surface area contributed by atoms with Gasteiger partial charge in [-0.1, -0.05) is 86.2 Å². The van der Waals surface area contributed by atoms with Gasteiger partial charge in [0, 0.05) is 17.7 Å². The van der Waals surface area contributed by atoms with Crippen LogP contribution in [0.5, 0.6) is 0 Å². The molecule has 1 atom stereocenters. The summed E-state index contributed by atoms with van der Waals surface area (Å²) >= 11 is 0.681. The average molecular weight is 618 g/mol. The van der Waals surface area contributed by atoms with E-state index in [2.05, 4.69) is 4.98 Å². The molecule has 43 heavy (non-hydrogen) atoms. The van der Waals surface area contributed by atoms with E-state index in [1.807, 2.05) is 39.8 Å². The van der Waals surface area contributed by atoms with E-state index >= 15 is 0 Å². The molecule has 1 fully saturated rings. The molecule has 1 saturated heterocycles. The van der Waals surface area contributed by atoms with Gasteiger partial charge in [0.15, 0.2) is 5.13 Å². The first kappa shape index (κ1) is 29.8. The minimum atomic E-state index is -4.15. The Balaban J connectivity index is 1.63. The van der Waals surface area contributed by atoms with Gasteiger partial charge in [0.1, 0.15) is 9.97 Å². The maximum Gasteiger partial charge on any atom is 0.301 e. The molecule has 5 rings (SSSR count). The Kier molecular flexibility index (Phi) is 7.53. The molecule has 1 aliphatic rings. The van der Waals surface area contributed by atoms with Crippen molar-refractivity contribution < 1.29 is 28.0 Å². The zero-order chi connectivity index (χ0) is 31.3. The normalized spacial score (nSPS) is 16.9. The molecule has 0 aliphatic carbocycles. The summed E-state index contributed by atoms with van der Waals surface area (Å²) in [7, 11) is -4.15. The highest BCUT2D eigenvalue weighted by molar-refractivity contribution is 7.93. The fourth-order valence-corrected chi connectivity index (χ4v) is 7.27. The van der Waals surface area contributed by atoms with Crippen molar-refractivity contribution in [3.05, 3.63) is 117 Å². The molecule has 0 spiro atoms. The van der Waals surface area contributed by atoms with Crippen LogP contribution < -0.4 is 4.90 Å². The van der Waals surface area contributed by atoms with Gasteiger partial charge in [-0.05, 0) is 35.6 Å². The lowest BCUT2D eigenvalue weighted by molar-refractivity contribution is -0.384. The highest BCUT2D eigenvalue weighted by atomic mass is 32.2. The number of hydrogen-bond acceptors (Lipinski definition) is 9. The second kappa shape index (κ2) is 10.9. The smallest absolute Gasteiger partial charge is 0.301 e. The number of aliphatic hydroxyl groups is 1. The SMILES string of the molecule is Cc1ccc(/C(O)=C2\C(=O)C(=O)N(c3ncc(S(=O)(=O)c4ccc([N+](=O)[O-])cc4)s3)[C@@H]2c2ccc(C(C)(C)C)cc2)cc1. The number of thiazole rings is 1. The van der Waals surface area contributed by atoms with Gasteiger partial charge in [0.05, 0.1) is 27.6 Å². The monoisotopic (exact) mass is 617 g/mol. The Hall–Kier alpha value is -4.68. The molecular formula is C31H27N3O7S2. The molecule has 220 valence electrons. The molecule has 0 saturated carbocycles. The molecule has 0 unspecified atom stereocenters. The van der Waals surface area contributed by atoms with Crippen LogP contribution in [0.15, 0.2) is 93.7 Å². The number of nitro groups is 1. The standard InChI is InChI=1S/C31H27N3O7S2/c1-18-5-7-20(8-6-18)27(35)25-26(19-9-11-21(12-10-19)31(2,3)4)33(29(37)28(25)36)30-32-17-24(42-30)43(40,41)23-15-13-22(14-16-23)34(38)39/h5-17,26,35H,1-4H3/b27-25+/t26-/m1/s1. The number of amides is 1. The van der Waals surface area contributed by atoms with E-state index < -0.39 is 32.5 Å². The minimum absolute atomic E-state index is 0.0598. The van der Waals surface area contributed by atoms with Crippen LogP contribution in [0.4, 0.5) is 10.8 Å². The van der Waals surface area contributed by atoms with E-state index in [1.165, 1.54) is 0 Å². The molecule has 12 heteroatoms. The average Bonchev–Trinajstić information content (AvgIpc) is 3.56. The predicted molar refractivity (Wildman–Crippen MR) is 162 cm³/mol. The maximum absolute atomic E-state index is 13.5. The van der Waals surface area contributed by atoms with Crippen LogP contribution in [0, 0.1) is 17.0 Å². The third-order valence-corrected chi connectivity index (χ3v) is 10.4. The number of ketones is 1. The van der Waals surface area contributed by atoms with Gasteiger partial charge in [-0.2, -0.15) is 0 Å². The number of aryl methyl sites for hydroxylation is 1. The van der Waals surface area contributed by atoms with Gasteiger partial charge in [-0.15, -0.1) is 0 Å². The molecule has 1 amide bonds. The highest BCUT2D eigenvalue weighted by Gasteiger charge is 2.48. The summed E-state index contributed by atoms with van der Waals surface area (Å²) < 4.78 is 26.5. The van der Waals surface area contributed by atoms with E-state index in [-0.39, 0.29) is 36.7 Å². The highest BCUT2D eigenvalue weighted by Crippen LogP contribution is 2.44. The Morgan fingerprint density at radius 1 is 0.977 bits per heavy atom. The lowest BCUT2D eigenvalue weighted by atomic mass is 9.85. The second-order valence-corrected chi connectivity index (χ2v) is 14.3. The third-order valence-electron chi connectivity index (χ3n) is 7.16. The van der Waals surface area contributed by atoms with E-state index in [1.54, 1.807) is 36.4 Å². The van der Waals surface area contributed by atoms with Gasteiger partial charge >= 0.3 is 5.91 Å². The molecule has 1 aliphatic heterocycles. The summed E-state index contributed by atoms with van der Waals surface area (Å²) in [6.45, 7) is 8.03. The fourth-order valence-electron chi connectivity index (χ4n) is 4.73. The van der Waals surface area contributed by atoms with E-state index in [9.17, 15) is 33.2 Å². The lowest BCUT2D eigenvalue weighted by Crippen LogP contribution is -2.29. The van der Waals surface area contributed by atoms with E-state index in [4.69, 9.17) is 0 Å². The molecule has 4 aromatic rings. The van der Waals surface area contributed by atoms with Crippen LogP contribution in [0.1, 0.15) is 49.1 Å². The maximum atomic E-state index is 13.5. The van der Waals surface area contributed by atoms with Crippen molar-refractivity contribution >= 4 is 49.4 Å². The topological polar surface area (TPSA) is 148 Å². The Bertz CT molecular complexity index is 1890. The number of benzene rings is 3. The first-order chi connectivity index (χ1) is 20.2.